The number of carboxylic acid groups (broad SMARTS) is 1. The zero-order valence-corrected chi connectivity index (χ0v) is 11.1. The SMILES string of the molecule is CCc1ccc(C(=O)Nc2ccccc2C(=O)O)cc1. The lowest BCUT2D eigenvalue weighted by atomic mass is 10.1. The number of carbonyl (C=O) groups is 2. The Morgan fingerprint density at radius 2 is 1.70 bits per heavy atom. The smallest absolute Gasteiger partial charge is 0.337 e. The van der Waals surface area contributed by atoms with E-state index in [1.54, 1.807) is 30.3 Å². The summed E-state index contributed by atoms with van der Waals surface area (Å²) in [7, 11) is 0. The molecule has 0 saturated carbocycles. The first kappa shape index (κ1) is 13.8. The van der Waals surface area contributed by atoms with Crippen molar-refractivity contribution in [2.75, 3.05) is 5.32 Å². The Morgan fingerprint density at radius 3 is 2.30 bits per heavy atom. The van der Waals surface area contributed by atoms with Crippen LogP contribution in [0.15, 0.2) is 48.5 Å². The van der Waals surface area contributed by atoms with Crippen molar-refractivity contribution in [2.24, 2.45) is 0 Å². The normalized spacial score (nSPS) is 10.1. The van der Waals surface area contributed by atoms with Gasteiger partial charge in [0.15, 0.2) is 0 Å². The number of anilines is 1. The molecule has 2 N–H and O–H groups in total. The minimum atomic E-state index is -1.07. The van der Waals surface area contributed by atoms with Crippen LogP contribution < -0.4 is 5.32 Å². The van der Waals surface area contributed by atoms with Crippen molar-refractivity contribution < 1.29 is 14.7 Å². The highest BCUT2D eigenvalue weighted by molar-refractivity contribution is 6.07. The van der Waals surface area contributed by atoms with Crippen molar-refractivity contribution in [1.82, 2.24) is 0 Å². The largest absolute Gasteiger partial charge is 0.478 e. The second-order valence-electron chi connectivity index (χ2n) is 4.36. The molecule has 2 rings (SSSR count). The van der Waals surface area contributed by atoms with Crippen molar-refractivity contribution in [3.05, 3.63) is 65.2 Å². The summed E-state index contributed by atoms with van der Waals surface area (Å²) in [5, 5.41) is 11.7. The zero-order chi connectivity index (χ0) is 14.5. The molecular weight excluding hydrogens is 254 g/mol. The molecule has 0 spiro atoms. The van der Waals surface area contributed by atoms with E-state index in [1.165, 1.54) is 6.07 Å². The fourth-order valence-corrected chi connectivity index (χ4v) is 1.86. The molecule has 0 aromatic heterocycles. The molecule has 102 valence electrons. The monoisotopic (exact) mass is 269 g/mol. The van der Waals surface area contributed by atoms with E-state index in [0.29, 0.717) is 11.3 Å². The average Bonchev–Trinajstić information content (AvgIpc) is 2.47. The number of rotatable bonds is 4. The Bertz CT molecular complexity index is 632. The third-order valence-corrected chi connectivity index (χ3v) is 3.03. The number of nitrogens with one attached hydrogen (secondary N) is 1. The molecule has 0 radical (unpaired) electrons. The number of hydrogen-bond donors (Lipinski definition) is 2. The lowest BCUT2D eigenvalue weighted by Gasteiger charge is -2.08. The third-order valence-electron chi connectivity index (χ3n) is 3.03. The molecule has 0 saturated heterocycles. The fourth-order valence-electron chi connectivity index (χ4n) is 1.86. The summed E-state index contributed by atoms with van der Waals surface area (Å²) >= 11 is 0. The van der Waals surface area contributed by atoms with Crippen LogP contribution in [0.1, 0.15) is 33.2 Å². The second kappa shape index (κ2) is 6.02. The summed E-state index contributed by atoms with van der Waals surface area (Å²) in [5.74, 6) is -1.39. The van der Waals surface area contributed by atoms with Gasteiger partial charge in [0, 0.05) is 5.56 Å². The van der Waals surface area contributed by atoms with Gasteiger partial charge in [-0.15, -0.1) is 0 Å². The number of carboxylic acids is 1. The fraction of sp³-hybridized carbons (Fsp3) is 0.125. The molecule has 2 aromatic rings. The Labute approximate surface area is 117 Å². The van der Waals surface area contributed by atoms with Crippen LogP contribution in [-0.4, -0.2) is 17.0 Å². The van der Waals surface area contributed by atoms with E-state index in [1.807, 2.05) is 19.1 Å². The van der Waals surface area contributed by atoms with Crippen LogP contribution in [0.5, 0.6) is 0 Å². The highest BCUT2D eigenvalue weighted by Gasteiger charge is 2.12. The highest BCUT2D eigenvalue weighted by Crippen LogP contribution is 2.16. The standard InChI is InChI=1S/C16H15NO3/c1-2-11-7-9-12(10-8-11)15(18)17-14-6-4-3-5-13(14)16(19)20/h3-10H,2H2,1H3,(H,17,18)(H,19,20). The molecule has 20 heavy (non-hydrogen) atoms. The van der Waals surface area contributed by atoms with Gasteiger partial charge in [0.1, 0.15) is 0 Å². The Morgan fingerprint density at radius 1 is 1.05 bits per heavy atom. The molecule has 0 aliphatic carbocycles. The number of amides is 1. The van der Waals surface area contributed by atoms with Crippen molar-refractivity contribution in [3.8, 4) is 0 Å². The number of aryl methyl sites for hydroxylation is 1. The quantitative estimate of drug-likeness (QED) is 0.895. The van der Waals surface area contributed by atoms with Crippen molar-refractivity contribution in [2.45, 2.75) is 13.3 Å². The molecule has 0 heterocycles. The number of carbonyl (C=O) groups excluding carboxylic acids is 1. The molecule has 0 aliphatic rings. The second-order valence-corrected chi connectivity index (χ2v) is 4.36. The molecule has 0 unspecified atom stereocenters. The van der Waals surface area contributed by atoms with Crippen LogP contribution in [0.3, 0.4) is 0 Å². The maximum Gasteiger partial charge on any atom is 0.337 e. The van der Waals surface area contributed by atoms with Gasteiger partial charge in [0.2, 0.25) is 0 Å². The maximum absolute atomic E-state index is 12.1. The molecule has 0 aliphatic heterocycles. The molecule has 1 amide bonds. The molecule has 4 heteroatoms. The predicted octanol–water partition coefficient (Wildman–Crippen LogP) is 3.20. The topological polar surface area (TPSA) is 66.4 Å². The van der Waals surface area contributed by atoms with Crippen LogP contribution in [0.2, 0.25) is 0 Å². The van der Waals surface area contributed by atoms with E-state index in [9.17, 15) is 9.59 Å². The van der Waals surface area contributed by atoms with Crippen molar-refractivity contribution in [1.29, 1.82) is 0 Å². The summed E-state index contributed by atoms with van der Waals surface area (Å²) in [6.07, 6.45) is 0.906. The van der Waals surface area contributed by atoms with Gasteiger partial charge in [-0.1, -0.05) is 31.2 Å². The average molecular weight is 269 g/mol. The van der Waals surface area contributed by atoms with Gasteiger partial charge < -0.3 is 10.4 Å². The molecule has 4 nitrogen and oxygen atoms in total. The third kappa shape index (κ3) is 3.03. The van der Waals surface area contributed by atoms with Gasteiger partial charge in [0.05, 0.1) is 11.3 Å². The van der Waals surface area contributed by atoms with E-state index in [-0.39, 0.29) is 11.5 Å². The van der Waals surface area contributed by atoms with Crippen LogP contribution in [0.25, 0.3) is 0 Å². The summed E-state index contributed by atoms with van der Waals surface area (Å²) in [4.78, 5) is 23.2. The minimum Gasteiger partial charge on any atom is -0.478 e. The van der Waals surface area contributed by atoms with Crippen LogP contribution in [0.4, 0.5) is 5.69 Å². The molecule has 0 bridgehead atoms. The Kier molecular flexibility index (Phi) is 4.15. The number of para-hydroxylation sites is 1. The van der Waals surface area contributed by atoms with Gasteiger partial charge in [-0.2, -0.15) is 0 Å². The van der Waals surface area contributed by atoms with Gasteiger partial charge in [0.25, 0.3) is 5.91 Å². The van der Waals surface area contributed by atoms with E-state index >= 15 is 0 Å². The van der Waals surface area contributed by atoms with Gasteiger partial charge in [-0.05, 0) is 36.2 Å². The van der Waals surface area contributed by atoms with Crippen LogP contribution in [-0.2, 0) is 6.42 Å². The number of hydrogen-bond acceptors (Lipinski definition) is 2. The predicted molar refractivity (Wildman–Crippen MR) is 77.2 cm³/mol. The summed E-state index contributed by atoms with van der Waals surface area (Å²) in [6, 6.07) is 13.6. The Hall–Kier alpha value is -2.62. The number of benzene rings is 2. The maximum atomic E-state index is 12.1. The lowest BCUT2D eigenvalue weighted by molar-refractivity contribution is 0.0698. The van der Waals surface area contributed by atoms with Crippen molar-refractivity contribution >= 4 is 17.6 Å². The zero-order valence-electron chi connectivity index (χ0n) is 11.1. The minimum absolute atomic E-state index is 0.0750. The lowest BCUT2D eigenvalue weighted by Crippen LogP contribution is -2.14. The van der Waals surface area contributed by atoms with Crippen molar-refractivity contribution in [3.63, 3.8) is 0 Å². The van der Waals surface area contributed by atoms with Gasteiger partial charge >= 0.3 is 5.97 Å². The van der Waals surface area contributed by atoms with E-state index in [0.717, 1.165) is 12.0 Å². The highest BCUT2D eigenvalue weighted by atomic mass is 16.4. The van der Waals surface area contributed by atoms with Crippen LogP contribution in [0, 0.1) is 0 Å². The van der Waals surface area contributed by atoms with Crippen LogP contribution >= 0.6 is 0 Å². The van der Waals surface area contributed by atoms with E-state index < -0.39 is 5.97 Å². The Balaban J connectivity index is 2.21. The molecular formula is C16H15NO3. The van der Waals surface area contributed by atoms with E-state index in [2.05, 4.69) is 5.32 Å². The molecule has 0 fully saturated rings. The first-order valence-corrected chi connectivity index (χ1v) is 6.34. The summed E-state index contributed by atoms with van der Waals surface area (Å²) < 4.78 is 0. The van der Waals surface area contributed by atoms with E-state index in [4.69, 9.17) is 5.11 Å². The number of aromatic carboxylic acids is 1. The summed E-state index contributed by atoms with van der Waals surface area (Å²) in [6.45, 7) is 2.04. The molecule has 0 atom stereocenters. The summed E-state index contributed by atoms with van der Waals surface area (Å²) in [5.41, 5.74) is 2.02. The van der Waals surface area contributed by atoms with Gasteiger partial charge in [-0.3, -0.25) is 4.79 Å². The first-order chi connectivity index (χ1) is 9.61. The molecule has 2 aromatic carbocycles. The first-order valence-electron chi connectivity index (χ1n) is 6.34. The van der Waals surface area contributed by atoms with Gasteiger partial charge in [-0.25, -0.2) is 4.79 Å².